The molecular weight excluding hydrogens is 244 g/mol. The van der Waals surface area contributed by atoms with Gasteiger partial charge in [-0.15, -0.1) is 5.10 Å². The molecule has 96 valence electrons. The molecule has 0 atom stereocenters. The number of rotatable bonds is 3. The summed E-state index contributed by atoms with van der Waals surface area (Å²) in [4.78, 5) is 34.6. The Labute approximate surface area is 101 Å². The second-order valence-corrected chi connectivity index (χ2v) is 3.65. The normalized spacial score (nSPS) is 14.7. The molecule has 1 saturated heterocycles. The van der Waals surface area contributed by atoms with E-state index < -0.39 is 18.0 Å². The molecule has 1 aromatic heterocycles. The highest BCUT2D eigenvalue weighted by Crippen LogP contribution is 2.07. The standard InChI is InChI=1S/C9H10N4O5/c1-5-7(8(15)16)10-11-13(5)4-6(14)12-2-3-18-9(12)17/h2-4H2,1H3,(H,15,16). The lowest BCUT2D eigenvalue weighted by Gasteiger charge is -2.10. The summed E-state index contributed by atoms with van der Waals surface area (Å²) in [7, 11) is 0. The van der Waals surface area contributed by atoms with E-state index in [1.54, 1.807) is 0 Å². The fourth-order valence-electron chi connectivity index (χ4n) is 1.54. The number of carboxylic acid groups (broad SMARTS) is 1. The number of hydrogen-bond donors (Lipinski definition) is 1. The van der Waals surface area contributed by atoms with Crippen LogP contribution >= 0.6 is 0 Å². The molecule has 0 unspecified atom stereocenters. The van der Waals surface area contributed by atoms with Crippen LogP contribution in [0.2, 0.25) is 0 Å². The molecule has 18 heavy (non-hydrogen) atoms. The molecule has 1 fully saturated rings. The van der Waals surface area contributed by atoms with Crippen LogP contribution in [0.25, 0.3) is 0 Å². The summed E-state index contributed by atoms with van der Waals surface area (Å²) in [5.74, 6) is -1.73. The fraction of sp³-hybridized carbons (Fsp3) is 0.444. The van der Waals surface area contributed by atoms with Gasteiger partial charge in [-0.25, -0.2) is 19.2 Å². The van der Waals surface area contributed by atoms with E-state index >= 15 is 0 Å². The Morgan fingerprint density at radius 3 is 2.72 bits per heavy atom. The average Bonchev–Trinajstić information content (AvgIpc) is 2.86. The maximum atomic E-state index is 11.7. The third-order valence-corrected chi connectivity index (χ3v) is 2.53. The maximum Gasteiger partial charge on any atom is 0.416 e. The SMILES string of the molecule is Cc1c(C(=O)O)nnn1CC(=O)N1CCOC1=O. The van der Waals surface area contributed by atoms with Crippen LogP contribution in [-0.2, 0) is 16.1 Å². The first kappa shape index (κ1) is 12.0. The molecule has 0 aromatic carbocycles. The predicted octanol–water partition coefficient (Wildman–Crippen LogP) is -0.736. The Hall–Kier alpha value is -2.45. The van der Waals surface area contributed by atoms with Gasteiger partial charge in [0.2, 0.25) is 0 Å². The lowest BCUT2D eigenvalue weighted by Crippen LogP contribution is -2.35. The molecule has 9 heteroatoms. The van der Waals surface area contributed by atoms with Crippen molar-refractivity contribution in [3.8, 4) is 0 Å². The van der Waals surface area contributed by atoms with Crippen LogP contribution in [0.3, 0.4) is 0 Å². The van der Waals surface area contributed by atoms with E-state index in [1.807, 2.05) is 0 Å². The van der Waals surface area contributed by atoms with Crippen molar-refractivity contribution in [2.75, 3.05) is 13.2 Å². The highest BCUT2D eigenvalue weighted by atomic mass is 16.6. The van der Waals surface area contributed by atoms with Crippen molar-refractivity contribution >= 4 is 18.0 Å². The molecule has 1 aromatic rings. The largest absolute Gasteiger partial charge is 0.476 e. The number of aromatic carboxylic acids is 1. The molecule has 1 aliphatic rings. The molecule has 2 heterocycles. The number of imide groups is 1. The number of carboxylic acids is 1. The molecule has 2 rings (SSSR count). The van der Waals surface area contributed by atoms with Gasteiger partial charge >= 0.3 is 12.1 Å². The van der Waals surface area contributed by atoms with E-state index in [-0.39, 0.29) is 31.1 Å². The summed E-state index contributed by atoms with van der Waals surface area (Å²) in [5, 5.41) is 15.8. The second-order valence-electron chi connectivity index (χ2n) is 3.65. The van der Waals surface area contributed by atoms with Crippen LogP contribution in [0, 0.1) is 6.92 Å². The minimum atomic E-state index is -1.22. The highest BCUT2D eigenvalue weighted by molar-refractivity contribution is 5.93. The van der Waals surface area contributed by atoms with Crippen molar-refractivity contribution in [2.24, 2.45) is 0 Å². The Balaban J connectivity index is 2.12. The lowest BCUT2D eigenvalue weighted by atomic mass is 10.3. The fourth-order valence-corrected chi connectivity index (χ4v) is 1.54. The van der Waals surface area contributed by atoms with E-state index in [4.69, 9.17) is 5.11 Å². The zero-order valence-electron chi connectivity index (χ0n) is 9.49. The number of carbonyl (C=O) groups excluding carboxylic acids is 2. The second kappa shape index (κ2) is 4.43. The zero-order valence-corrected chi connectivity index (χ0v) is 9.49. The van der Waals surface area contributed by atoms with E-state index in [2.05, 4.69) is 15.0 Å². The van der Waals surface area contributed by atoms with E-state index in [1.165, 1.54) is 6.92 Å². The molecule has 9 nitrogen and oxygen atoms in total. The van der Waals surface area contributed by atoms with Gasteiger partial charge in [-0.2, -0.15) is 0 Å². The Kier molecular flexibility index (Phi) is 2.96. The molecule has 0 spiro atoms. The summed E-state index contributed by atoms with van der Waals surface area (Å²) >= 11 is 0. The average molecular weight is 254 g/mol. The lowest BCUT2D eigenvalue weighted by molar-refractivity contribution is -0.128. The summed E-state index contributed by atoms with van der Waals surface area (Å²) in [6.07, 6.45) is -0.698. The zero-order chi connectivity index (χ0) is 13.3. The van der Waals surface area contributed by atoms with Gasteiger partial charge in [0.1, 0.15) is 13.2 Å². The van der Waals surface area contributed by atoms with Crippen LogP contribution in [0.4, 0.5) is 4.79 Å². The Bertz CT molecular complexity index is 523. The quantitative estimate of drug-likeness (QED) is 0.755. The molecule has 0 radical (unpaired) electrons. The summed E-state index contributed by atoms with van der Waals surface area (Å²) in [5.41, 5.74) is 0.0372. The maximum absolute atomic E-state index is 11.7. The molecule has 0 aliphatic carbocycles. The van der Waals surface area contributed by atoms with Crippen molar-refractivity contribution < 1.29 is 24.2 Å². The van der Waals surface area contributed by atoms with E-state index in [9.17, 15) is 14.4 Å². The topological polar surface area (TPSA) is 115 Å². The Morgan fingerprint density at radius 1 is 1.50 bits per heavy atom. The number of aromatic nitrogens is 3. The van der Waals surface area contributed by atoms with Gasteiger partial charge in [0.25, 0.3) is 5.91 Å². The van der Waals surface area contributed by atoms with Crippen LogP contribution in [0.15, 0.2) is 0 Å². The summed E-state index contributed by atoms with van der Waals surface area (Å²) < 4.78 is 5.76. The van der Waals surface area contributed by atoms with Gasteiger partial charge in [-0.3, -0.25) is 4.79 Å². The number of cyclic esters (lactones) is 1. The van der Waals surface area contributed by atoms with Gasteiger partial charge in [-0.1, -0.05) is 5.21 Å². The van der Waals surface area contributed by atoms with E-state index in [0.717, 1.165) is 9.58 Å². The van der Waals surface area contributed by atoms with E-state index in [0.29, 0.717) is 0 Å². The molecular formula is C9H10N4O5. The third-order valence-electron chi connectivity index (χ3n) is 2.53. The molecule has 0 bridgehead atoms. The minimum Gasteiger partial charge on any atom is -0.476 e. The molecule has 1 N–H and O–H groups in total. The van der Waals surface area contributed by atoms with Crippen LogP contribution < -0.4 is 0 Å². The predicted molar refractivity (Wildman–Crippen MR) is 54.8 cm³/mol. The number of carbonyl (C=O) groups is 3. The van der Waals surface area contributed by atoms with Crippen molar-refractivity contribution in [3.05, 3.63) is 11.4 Å². The van der Waals surface area contributed by atoms with Crippen LogP contribution in [0.5, 0.6) is 0 Å². The van der Waals surface area contributed by atoms with Gasteiger partial charge < -0.3 is 9.84 Å². The molecule has 2 amide bonds. The van der Waals surface area contributed by atoms with Gasteiger partial charge in [0.05, 0.1) is 12.2 Å². The van der Waals surface area contributed by atoms with Gasteiger partial charge in [0.15, 0.2) is 5.69 Å². The van der Waals surface area contributed by atoms with Gasteiger partial charge in [-0.05, 0) is 6.92 Å². The molecule has 1 aliphatic heterocycles. The highest BCUT2D eigenvalue weighted by Gasteiger charge is 2.29. The van der Waals surface area contributed by atoms with Crippen molar-refractivity contribution in [3.63, 3.8) is 0 Å². The molecule has 0 saturated carbocycles. The number of ether oxygens (including phenoxy) is 1. The first-order valence-corrected chi connectivity index (χ1v) is 5.11. The number of nitrogens with zero attached hydrogens (tertiary/aromatic N) is 4. The number of hydrogen-bond acceptors (Lipinski definition) is 6. The van der Waals surface area contributed by atoms with Crippen molar-refractivity contribution in [1.82, 2.24) is 19.9 Å². The first-order chi connectivity index (χ1) is 8.50. The summed E-state index contributed by atoms with van der Waals surface area (Å²) in [6, 6.07) is 0. The Morgan fingerprint density at radius 2 is 2.22 bits per heavy atom. The monoisotopic (exact) mass is 254 g/mol. The first-order valence-electron chi connectivity index (χ1n) is 5.11. The van der Waals surface area contributed by atoms with Crippen molar-refractivity contribution in [1.29, 1.82) is 0 Å². The minimum absolute atomic E-state index is 0.168. The van der Waals surface area contributed by atoms with Crippen LogP contribution in [-0.4, -0.2) is 56.1 Å². The smallest absolute Gasteiger partial charge is 0.416 e. The van der Waals surface area contributed by atoms with Gasteiger partial charge in [0, 0.05) is 0 Å². The third kappa shape index (κ3) is 2.01. The summed E-state index contributed by atoms with van der Waals surface area (Å²) in [6.45, 7) is 1.60. The van der Waals surface area contributed by atoms with Crippen LogP contribution in [0.1, 0.15) is 16.2 Å². The number of amides is 2. The van der Waals surface area contributed by atoms with Crippen molar-refractivity contribution in [2.45, 2.75) is 13.5 Å².